The van der Waals surface area contributed by atoms with Crippen LogP contribution >= 0.6 is 11.3 Å². The maximum atomic E-state index is 13.0. The number of alkyl halides is 3. The molecule has 2 aromatic carbocycles. The summed E-state index contributed by atoms with van der Waals surface area (Å²) in [7, 11) is 0. The molecule has 0 bridgehead atoms. The fraction of sp³-hybridized carbons (Fsp3) is 0.238. The smallest absolute Gasteiger partial charge is 0.416 e. The van der Waals surface area contributed by atoms with Crippen molar-refractivity contribution < 1.29 is 27.4 Å². The summed E-state index contributed by atoms with van der Waals surface area (Å²) in [5, 5.41) is 5.34. The first-order valence-electron chi connectivity index (χ1n) is 9.05. The molecule has 0 saturated carbocycles. The molecule has 30 heavy (non-hydrogen) atoms. The predicted octanol–water partition coefficient (Wildman–Crippen LogP) is 5.70. The van der Waals surface area contributed by atoms with Gasteiger partial charge in [-0.2, -0.15) is 13.2 Å². The van der Waals surface area contributed by atoms with E-state index in [9.17, 15) is 18.0 Å². The van der Waals surface area contributed by atoms with E-state index in [2.05, 4.69) is 10.3 Å². The van der Waals surface area contributed by atoms with Gasteiger partial charge in [0.05, 0.1) is 28.6 Å². The number of rotatable bonds is 7. The zero-order chi connectivity index (χ0) is 21.7. The van der Waals surface area contributed by atoms with Gasteiger partial charge in [-0.3, -0.25) is 4.79 Å². The Balaban J connectivity index is 1.70. The maximum Gasteiger partial charge on any atom is 0.416 e. The highest BCUT2D eigenvalue weighted by atomic mass is 32.1. The molecule has 0 radical (unpaired) electrons. The van der Waals surface area contributed by atoms with E-state index < -0.39 is 17.6 Å². The van der Waals surface area contributed by atoms with Crippen LogP contribution in [0, 0.1) is 6.92 Å². The number of hydrogen-bond donors (Lipinski definition) is 1. The van der Waals surface area contributed by atoms with Crippen LogP contribution in [-0.2, 0) is 12.8 Å². The van der Waals surface area contributed by atoms with E-state index in [1.54, 1.807) is 19.1 Å². The lowest BCUT2D eigenvalue weighted by atomic mass is 10.1. The predicted molar refractivity (Wildman–Crippen MR) is 108 cm³/mol. The van der Waals surface area contributed by atoms with Crippen LogP contribution in [0.4, 0.5) is 18.9 Å². The van der Waals surface area contributed by atoms with Gasteiger partial charge >= 0.3 is 6.18 Å². The molecule has 0 unspecified atom stereocenters. The van der Waals surface area contributed by atoms with Crippen molar-refractivity contribution in [2.45, 2.75) is 26.6 Å². The molecule has 0 fully saturated rings. The fourth-order valence-corrected chi connectivity index (χ4v) is 3.21. The summed E-state index contributed by atoms with van der Waals surface area (Å²) in [4.78, 5) is 16.8. The highest BCUT2D eigenvalue weighted by Crippen LogP contribution is 2.35. The summed E-state index contributed by atoms with van der Waals surface area (Å²) >= 11 is 1.53. The van der Waals surface area contributed by atoms with Gasteiger partial charge in [0.15, 0.2) is 0 Å². The lowest BCUT2D eigenvalue weighted by Gasteiger charge is -2.15. The Hall–Kier alpha value is -3.07. The number of nitrogens with one attached hydrogen (secondary N) is 1. The molecule has 9 heteroatoms. The number of anilines is 1. The number of hydrogen-bond acceptors (Lipinski definition) is 5. The molecule has 0 atom stereocenters. The number of halogens is 3. The Morgan fingerprint density at radius 2 is 1.87 bits per heavy atom. The Morgan fingerprint density at radius 1 is 1.13 bits per heavy atom. The number of carbonyl (C=O) groups is 1. The van der Waals surface area contributed by atoms with E-state index in [0.717, 1.165) is 22.8 Å². The normalized spacial score (nSPS) is 11.2. The van der Waals surface area contributed by atoms with Crippen LogP contribution in [0.25, 0.3) is 0 Å². The summed E-state index contributed by atoms with van der Waals surface area (Å²) in [5.74, 6) is 0.153. The summed E-state index contributed by atoms with van der Waals surface area (Å²) in [6.07, 6.45) is -4.53. The Labute approximate surface area is 175 Å². The van der Waals surface area contributed by atoms with Gasteiger partial charge in [0.25, 0.3) is 5.91 Å². The maximum absolute atomic E-state index is 13.0. The van der Waals surface area contributed by atoms with Gasteiger partial charge in [-0.1, -0.05) is 0 Å². The number of amides is 1. The molecule has 1 aromatic heterocycles. The van der Waals surface area contributed by atoms with E-state index >= 15 is 0 Å². The zero-order valence-electron chi connectivity index (χ0n) is 16.2. The van der Waals surface area contributed by atoms with Crippen LogP contribution in [0.5, 0.6) is 11.5 Å². The third kappa shape index (κ3) is 5.50. The van der Waals surface area contributed by atoms with Crippen LogP contribution in [-0.4, -0.2) is 17.5 Å². The average Bonchev–Trinajstić information content (AvgIpc) is 3.12. The molecule has 3 aromatic rings. The second-order valence-corrected chi connectivity index (χ2v) is 7.33. The third-order valence-electron chi connectivity index (χ3n) is 4.02. The van der Waals surface area contributed by atoms with Crippen molar-refractivity contribution >= 4 is 22.9 Å². The second-order valence-electron chi connectivity index (χ2n) is 6.27. The molecule has 0 aliphatic carbocycles. The van der Waals surface area contributed by atoms with Gasteiger partial charge in [0.2, 0.25) is 0 Å². The molecule has 1 N–H and O–H groups in total. The standard InChI is InChI=1S/C21H19F3N2O3S/c1-3-28-19-9-6-15(21(22,23)24)10-18(19)26-20(27)14-4-7-17(8-5-14)29-11-16-12-30-13(2)25-16/h4-10,12H,3,11H2,1-2H3,(H,26,27). The first-order chi connectivity index (χ1) is 14.3. The first kappa shape index (κ1) is 21.6. The molecule has 0 aliphatic rings. The van der Waals surface area contributed by atoms with Crippen molar-refractivity contribution in [3.05, 3.63) is 69.7 Å². The molecule has 0 saturated heterocycles. The second kappa shape index (κ2) is 9.17. The third-order valence-corrected chi connectivity index (χ3v) is 4.85. The number of ether oxygens (including phenoxy) is 2. The Morgan fingerprint density at radius 3 is 2.47 bits per heavy atom. The molecule has 3 rings (SSSR count). The summed E-state index contributed by atoms with van der Waals surface area (Å²) in [6.45, 7) is 4.16. The molecule has 5 nitrogen and oxygen atoms in total. The number of benzene rings is 2. The minimum atomic E-state index is -4.53. The molecule has 158 valence electrons. The minimum absolute atomic E-state index is 0.0455. The van der Waals surface area contributed by atoms with Crippen LogP contribution in [0.15, 0.2) is 47.8 Å². The highest BCUT2D eigenvalue weighted by molar-refractivity contribution is 7.09. The van der Waals surface area contributed by atoms with Crippen LogP contribution in [0.3, 0.4) is 0 Å². The quantitative estimate of drug-likeness (QED) is 0.516. The topological polar surface area (TPSA) is 60.5 Å². The summed E-state index contributed by atoms with van der Waals surface area (Å²) in [5.41, 5.74) is 0.164. The molecule has 1 heterocycles. The molecular weight excluding hydrogens is 417 g/mol. The van der Waals surface area contributed by atoms with E-state index in [4.69, 9.17) is 9.47 Å². The van der Waals surface area contributed by atoms with Gasteiger partial charge in [-0.05, 0) is 56.3 Å². The Bertz CT molecular complexity index is 1020. The van der Waals surface area contributed by atoms with Gasteiger partial charge in [0.1, 0.15) is 18.1 Å². The summed E-state index contributed by atoms with van der Waals surface area (Å²) < 4.78 is 50.0. The van der Waals surface area contributed by atoms with E-state index in [0.29, 0.717) is 12.4 Å². The van der Waals surface area contributed by atoms with E-state index in [1.165, 1.54) is 29.5 Å². The molecule has 1 amide bonds. The molecule has 0 aliphatic heterocycles. The van der Waals surface area contributed by atoms with Crippen LogP contribution in [0.2, 0.25) is 0 Å². The SMILES string of the molecule is CCOc1ccc(C(F)(F)F)cc1NC(=O)c1ccc(OCc2csc(C)n2)cc1. The number of carbonyl (C=O) groups excluding carboxylic acids is 1. The lowest BCUT2D eigenvalue weighted by molar-refractivity contribution is -0.137. The number of nitrogens with zero attached hydrogens (tertiary/aromatic N) is 1. The van der Waals surface area contributed by atoms with Gasteiger partial charge in [-0.15, -0.1) is 11.3 Å². The largest absolute Gasteiger partial charge is 0.492 e. The van der Waals surface area contributed by atoms with Gasteiger partial charge in [-0.25, -0.2) is 4.98 Å². The van der Waals surface area contributed by atoms with Crippen LogP contribution in [0.1, 0.15) is 33.5 Å². The number of aryl methyl sites for hydroxylation is 1. The molecule has 0 spiro atoms. The van der Waals surface area contributed by atoms with Crippen molar-refractivity contribution in [3.63, 3.8) is 0 Å². The zero-order valence-corrected chi connectivity index (χ0v) is 17.1. The van der Waals surface area contributed by atoms with Crippen molar-refractivity contribution in [2.75, 3.05) is 11.9 Å². The van der Waals surface area contributed by atoms with Gasteiger partial charge < -0.3 is 14.8 Å². The van der Waals surface area contributed by atoms with Crippen molar-refractivity contribution in [2.24, 2.45) is 0 Å². The average molecular weight is 436 g/mol. The van der Waals surface area contributed by atoms with Gasteiger partial charge in [0, 0.05) is 10.9 Å². The number of aromatic nitrogens is 1. The van der Waals surface area contributed by atoms with Crippen molar-refractivity contribution in [1.29, 1.82) is 0 Å². The highest BCUT2D eigenvalue weighted by Gasteiger charge is 2.31. The fourth-order valence-electron chi connectivity index (χ4n) is 2.61. The summed E-state index contributed by atoms with van der Waals surface area (Å²) in [6, 6.07) is 9.26. The Kier molecular flexibility index (Phi) is 6.61. The van der Waals surface area contributed by atoms with Crippen molar-refractivity contribution in [3.8, 4) is 11.5 Å². The lowest BCUT2D eigenvalue weighted by Crippen LogP contribution is -2.14. The first-order valence-corrected chi connectivity index (χ1v) is 9.93. The minimum Gasteiger partial charge on any atom is -0.492 e. The van der Waals surface area contributed by atoms with Crippen LogP contribution < -0.4 is 14.8 Å². The van der Waals surface area contributed by atoms with Crippen molar-refractivity contribution in [1.82, 2.24) is 4.98 Å². The monoisotopic (exact) mass is 436 g/mol. The van der Waals surface area contributed by atoms with E-state index in [1.807, 2.05) is 12.3 Å². The number of thiazole rings is 1. The van der Waals surface area contributed by atoms with E-state index in [-0.39, 0.29) is 23.6 Å². The molecular formula is C21H19F3N2O3S.